The van der Waals surface area contributed by atoms with Gasteiger partial charge in [0.25, 0.3) is 0 Å². The molecule has 0 aromatic heterocycles. The van der Waals surface area contributed by atoms with Crippen LogP contribution in [-0.4, -0.2) is 94.8 Å². The molecule has 2 spiro atoms. The van der Waals surface area contributed by atoms with Gasteiger partial charge in [-0.05, 0) is 38.5 Å². The maximum Gasteiger partial charge on any atom is 0.373 e. The summed E-state index contributed by atoms with van der Waals surface area (Å²) in [5.74, 6) is 0. The quantitative estimate of drug-likeness (QED) is 0.479. The monoisotopic (exact) mass is 558 g/mol. The van der Waals surface area contributed by atoms with Crippen LogP contribution in [0.5, 0.6) is 0 Å². The molecule has 0 aromatic carbocycles. The summed E-state index contributed by atoms with van der Waals surface area (Å²) >= 11 is 0. The van der Waals surface area contributed by atoms with E-state index in [-0.39, 0.29) is 50.6 Å². The number of rotatable bonds is 2. The topological polar surface area (TPSA) is 158 Å². The number of hydrogen-bond acceptors (Lipinski definition) is 11. The zero-order chi connectivity index (χ0) is 26.8. The zero-order valence-corrected chi connectivity index (χ0v) is 21.4. The van der Waals surface area contributed by atoms with Gasteiger partial charge in [0.05, 0.1) is 60.0 Å². The second-order valence-corrected chi connectivity index (χ2v) is 11.1. The van der Waals surface area contributed by atoms with Gasteiger partial charge in [0.15, 0.2) is 0 Å². The van der Waals surface area contributed by atoms with Crippen molar-refractivity contribution < 1.29 is 53.1 Å². The average Bonchev–Trinajstić information content (AvgIpc) is 3.47. The van der Waals surface area contributed by atoms with Crippen molar-refractivity contribution in [3.8, 4) is 0 Å². The van der Waals surface area contributed by atoms with E-state index in [1.165, 1.54) is 12.8 Å². The van der Waals surface area contributed by atoms with Gasteiger partial charge in [0, 0.05) is 25.7 Å². The van der Waals surface area contributed by atoms with Crippen LogP contribution in [0.3, 0.4) is 0 Å². The molecule has 5 saturated heterocycles. The van der Waals surface area contributed by atoms with E-state index >= 15 is 0 Å². The van der Waals surface area contributed by atoms with Crippen molar-refractivity contribution in [1.29, 1.82) is 0 Å². The van der Waals surface area contributed by atoms with Gasteiger partial charge in [0.1, 0.15) is 12.2 Å². The highest BCUT2D eigenvalue weighted by Crippen LogP contribution is 2.55. The molecule has 5 heterocycles. The fourth-order valence-corrected chi connectivity index (χ4v) is 7.28. The highest BCUT2D eigenvalue weighted by molar-refractivity contribution is 5.20. The molecule has 5 aliphatic heterocycles. The third kappa shape index (κ3) is 6.70. The summed E-state index contributed by atoms with van der Waals surface area (Å²) in [6.45, 7) is 4.34. The number of epoxide rings is 1. The van der Waals surface area contributed by atoms with E-state index in [1.54, 1.807) is 0 Å². The minimum absolute atomic E-state index is 0. The summed E-state index contributed by atoms with van der Waals surface area (Å²) in [7, 11) is 0. The van der Waals surface area contributed by atoms with Gasteiger partial charge >= 0.3 is 12.3 Å². The minimum atomic E-state index is -0.736. The van der Waals surface area contributed by atoms with Gasteiger partial charge in [0.2, 0.25) is 0 Å². The Kier molecular flexibility index (Phi) is 12.0. The largest absolute Gasteiger partial charge is 0.390 e. The van der Waals surface area contributed by atoms with Crippen LogP contribution in [0.4, 0.5) is 0 Å². The number of hydrogen-bond donors (Lipinski definition) is 2. The summed E-state index contributed by atoms with van der Waals surface area (Å²) in [5.41, 5.74) is -0.288. The molecule has 7 fully saturated rings. The fraction of sp³-hybridized carbons (Fsp3) is 0.929. The van der Waals surface area contributed by atoms with Crippen LogP contribution in [0, 0.1) is 0 Å². The van der Waals surface area contributed by atoms with E-state index in [9.17, 15) is 10.2 Å². The molecule has 12 atom stereocenters. The van der Waals surface area contributed by atoms with E-state index in [0.29, 0.717) is 43.0 Å². The Hall–Kier alpha value is -1.52. The molecule has 7 rings (SSSR count). The number of ether oxygens (including phenoxy) is 5. The van der Waals surface area contributed by atoms with E-state index in [2.05, 4.69) is 13.8 Å². The molecule has 39 heavy (non-hydrogen) atoms. The zero-order valence-electron chi connectivity index (χ0n) is 21.4. The van der Waals surface area contributed by atoms with Crippen LogP contribution in [0.2, 0.25) is 0 Å². The summed E-state index contributed by atoms with van der Waals surface area (Å²) < 4.78 is 30.0. The highest BCUT2D eigenvalue weighted by Gasteiger charge is 2.66. The molecule has 3 unspecified atom stereocenters. The van der Waals surface area contributed by atoms with Gasteiger partial charge < -0.3 is 33.9 Å². The van der Waals surface area contributed by atoms with Crippen molar-refractivity contribution in [2.45, 2.75) is 165 Å². The van der Waals surface area contributed by atoms with Crippen molar-refractivity contribution in [2.24, 2.45) is 0 Å². The predicted molar refractivity (Wildman–Crippen MR) is 134 cm³/mol. The molecule has 0 amide bonds. The van der Waals surface area contributed by atoms with Crippen LogP contribution in [0.25, 0.3) is 0 Å². The molecule has 2 N–H and O–H groups in total. The molecule has 0 radical (unpaired) electrons. The Morgan fingerprint density at radius 2 is 1.08 bits per heavy atom. The lowest BCUT2D eigenvalue weighted by atomic mass is 9.76. The van der Waals surface area contributed by atoms with Gasteiger partial charge in [-0.3, -0.25) is 0 Å². The average molecular weight is 559 g/mol. The third-order valence-electron chi connectivity index (χ3n) is 9.02. The van der Waals surface area contributed by atoms with Crippen molar-refractivity contribution in [3.63, 3.8) is 0 Å². The molecule has 224 valence electrons. The first kappa shape index (κ1) is 33.7. The Morgan fingerprint density at radius 3 is 1.56 bits per heavy atom. The maximum absolute atomic E-state index is 9.84. The van der Waals surface area contributed by atoms with Gasteiger partial charge in [-0.2, -0.15) is 19.2 Å². The number of aliphatic hydroxyl groups is 2. The van der Waals surface area contributed by atoms with Gasteiger partial charge in [-0.25, -0.2) is 0 Å². The lowest BCUT2D eigenvalue weighted by Gasteiger charge is -2.44. The van der Waals surface area contributed by atoms with Crippen molar-refractivity contribution >= 4 is 12.3 Å². The normalized spacial score (nSPS) is 46.9. The van der Waals surface area contributed by atoms with Gasteiger partial charge in [-0.15, -0.1) is 0 Å². The lowest BCUT2D eigenvalue weighted by molar-refractivity contribution is -0.193. The standard InChI is InChI=1S/C12H20O4.C12H18O3.2CO2.2CH4/c1-2-7-3-4-10-12(16-7)5-8(13)11(14)9(6-12)15-10;1-2-7-3-4-10-12(15-7)5-8(13-10)11-9(6-12)14-11;2*2-1-3;;/h7-11,13-14H,2-6H2,1H3;7-11H,2-6H2,1H3;;;2*1H4/t7-,8+,9+,10-,11?,12-;7-,8+,9?,10-,11?,12+;;;;/m00..../s1. The molecule has 7 aliphatic rings. The second-order valence-electron chi connectivity index (χ2n) is 11.1. The molecule has 4 bridgehead atoms. The maximum atomic E-state index is 9.84. The van der Waals surface area contributed by atoms with E-state index in [4.69, 9.17) is 42.9 Å². The Bertz CT molecular complexity index is 836. The third-order valence-corrected chi connectivity index (χ3v) is 9.02. The van der Waals surface area contributed by atoms with Crippen LogP contribution in [-0.2, 0) is 42.9 Å². The second kappa shape index (κ2) is 13.9. The van der Waals surface area contributed by atoms with Crippen molar-refractivity contribution in [1.82, 2.24) is 0 Å². The Labute approximate surface area is 230 Å². The first-order valence-corrected chi connectivity index (χ1v) is 13.4. The smallest absolute Gasteiger partial charge is 0.373 e. The molecular formula is C28H46O11. The Balaban J connectivity index is 0.000000219. The SMILES string of the molecule is C.C.CC[C@H]1CC[C@@H]2O[C@@H]3C[C@]2(CC2OC23)O1.CC[C@H]1CC[C@@H]2O[C@@H]3C[C@]2(C[C@@H](O)C3O)O1.O=C=O.O=C=O. The number of carbonyl (C=O) groups excluding carboxylic acids is 4. The lowest BCUT2D eigenvalue weighted by Crippen LogP contribution is -2.54. The molecule has 11 heteroatoms. The number of aliphatic hydroxyl groups excluding tert-OH is 2. The van der Waals surface area contributed by atoms with Crippen LogP contribution in [0.1, 0.15) is 92.9 Å². The summed E-state index contributed by atoms with van der Waals surface area (Å²) in [6.07, 6.45) is 11.2. The number of fused-ring (bicyclic) bond motifs is 4. The summed E-state index contributed by atoms with van der Waals surface area (Å²) in [6, 6.07) is 0. The van der Waals surface area contributed by atoms with E-state index in [1.807, 2.05) is 0 Å². The first-order chi connectivity index (χ1) is 17.8. The van der Waals surface area contributed by atoms with Crippen LogP contribution >= 0.6 is 0 Å². The van der Waals surface area contributed by atoms with Crippen molar-refractivity contribution in [2.75, 3.05) is 0 Å². The molecule has 2 saturated carbocycles. The van der Waals surface area contributed by atoms with Crippen molar-refractivity contribution in [3.05, 3.63) is 0 Å². The van der Waals surface area contributed by atoms with Gasteiger partial charge in [-0.1, -0.05) is 28.7 Å². The van der Waals surface area contributed by atoms with Crippen LogP contribution < -0.4 is 0 Å². The first-order valence-electron chi connectivity index (χ1n) is 13.4. The molecule has 11 nitrogen and oxygen atoms in total. The van der Waals surface area contributed by atoms with E-state index in [0.717, 1.165) is 44.9 Å². The summed E-state index contributed by atoms with van der Waals surface area (Å²) in [5, 5.41) is 19.6. The minimum Gasteiger partial charge on any atom is -0.390 e. The van der Waals surface area contributed by atoms with Crippen LogP contribution in [0.15, 0.2) is 0 Å². The predicted octanol–water partition coefficient (Wildman–Crippen LogP) is 2.35. The van der Waals surface area contributed by atoms with E-state index < -0.39 is 12.2 Å². The molecule has 0 aromatic rings. The summed E-state index contributed by atoms with van der Waals surface area (Å²) in [4.78, 5) is 32.5. The fourth-order valence-electron chi connectivity index (χ4n) is 7.28. The Morgan fingerprint density at radius 1 is 0.667 bits per heavy atom. The highest BCUT2D eigenvalue weighted by atomic mass is 16.6. The molecule has 2 aliphatic carbocycles. The molecular weight excluding hydrogens is 512 g/mol.